The Bertz CT molecular complexity index is 914. The molecule has 1 aromatic heterocycles. The number of carboxylic acids is 1. The number of benzene rings is 2. The van der Waals surface area contributed by atoms with E-state index in [2.05, 4.69) is 6.07 Å². The third-order valence-corrected chi connectivity index (χ3v) is 5.27. The summed E-state index contributed by atoms with van der Waals surface area (Å²) in [4.78, 5) is 13.3. The average molecular weight is 341 g/mol. The van der Waals surface area contributed by atoms with Crippen molar-refractivity contribution in [1.29, 1.82) is 0 Å². The Morgan fingerprint density at radius 1 is 1.21 bits per heavy atom. The predicted octanol–water partition coefficient (Wildman–Crippen LogP) is 4.50. The Labute approximate surface area is 145 Å². The van der Waals surface area contributed by atoms with Crippen molar-refractivity contribution in [3.63, 3.8) is 0 Å². The lowest BCUT2D eigenvalue weighted by Crippen LogP contribution is -2.09. The van der Waals surface area contributed by atoms with Gasteiger partial charge in [0.15, 0.2) is 0 Å². The number of para-hydroxylation sites is 1. The van der Waals surface area contributed by atoms with Crippen molar-refractivity contribution in [2.75, 3.05) is 7.11 Å². The fourth-order valence-corrected chi connectivity index (χ4v) is 4.00. The lowest BCUT2D eigenvalue weighted by molar-refractivity contribution is -0.137. The Morgan fingerprint density at radius 2 is 1.96 bits per heavy atom. The molecule has 4 nitrogen and oxygen atoms in total. The second-order valence-corrected chi connectivity index (χ2v) is 6.72. The number of hydrogen-bond donors (Lipinski definition) is 1. The van der Waals surface area contributed by atoms with Crippen LogP contribution in [0.4, 0.5) is 0 Å². The zero-order valence-electron chi connectivity index (χ0n) is 13.9. The first-order chi connectivity index (χ1) is 11.5. The van der Waals surface area contributed by atoms with Gasteiger partial charge < -0.3 is 14.4 Å². The second kappa shape index (κ2) is 6.61. The fourth-order valence-electron chi connectivity index (χ4n) is 2.85. The minimum absolute atomic E-state index is 0.0438. The first kappa shape index (κ1) is 16.5. The van der Waals surface area contributed by atoms with Gasteiger partial charge in [-0.1, -0.05) is 35.5 Å². The molecule has 0 atom stereocenters. The van der Waals surface area contributed by atoms with Crippen molar-refractivity contribution in [2.45, 2.75) is 30.2 Å². The number of fused-ring (bicyclic) bond motifs is 1. The zero-order chi connectivity index (χ0) is 17.3. The summed E-state index contributed by atoms with van der Waals surface area (Å²) in [6, 6.07) is 14.0. The molecule has 1 N–H and O–H groups in total. The number of carboxylic acid groups (broad SMARTS) is 1. The lowest BCUT2D eigenvalue weighted by Gasteiger charge is -2.08. The highest BCUT2D eigenvalue weighted by Crippen LogP contribution is 2.41. The van der Waals surface area contributed by atoms with E-state index in [9.17, 15) is 9.90 Å². The molecular formula is C19H19NO3S. The van der Waals surface area contributed by atoms with Crippen LogP contribution in [0, 0.1) is 13.8 Å². The van der Waals surface area contributed by atoms with Crippen LogP contribution in [0.25, 0.3) is 10.9 Å². The van der Waals surface area contributed by atoms with E-state index < -0.39 is 5.97 Å². The number of aromatic nitrogens is 1. The van der Waals surface area contributed by atoms with Crippen LogP contribution in [-0.4, -0.2) is 22.8 Å². The molecule has 24 heavy (non-hydrogen) atoms. The molecule has 5 heteroatoms. The van der Waals surface area contributed by atoms with Gasteiger partial charge in [-0.15, -0.1) is 0 Å². The maximum absolute atomic E-state index is 11.3. The molecule has 124 valence electrons. The lowest BCUT2D eigenvalue weighted by atomic mass is 10.2. The van der Waals surface area contributed by atoms with Crippen LogP contribution in [0.15, 0.2) is 52.3 Å². The molecule has 0 bridgehead atoms. The summed E-state index contributed by atoms with van der Waals surface area (Å²) in [6.45, 7) is 3.97. The molecule has 1 heterocycles. The van der Waals surface area contributed by atoms with Crippen LogP contribution in [0.2, 0.25) is 0 Å². The van der Waals surface area contributed by atoms with Gasteiger partial charge in [-0.25, -0.2) is 0 Å². The highest BCUT2D eigenvalue weighted by Gasteiger charge is 2.18. The van der Waals surface area contributed by atoms with Crippen LogP contribution in [0.3, 0.4) is 0 Å². The number of hydrogen-bond acceptors (Lipinski definition) is 3. The Kier molecular flexibility index (Phi) is 4.53. The van der Waals surface area contributed by atoms with Crippen LogP contribution < -0.4 is 4.74 Å². The van der Waals surface area contributed by atoms with E-state index in [4.69, 9.17) is 4.74 Å². The van der Waals surface area contributed by atoms with Crippen molar-refractivity contribution in [3.8, 4) is 5.75 Å². The first-order valence-corrected chi connectivity index (χ1v) is 8.45. The summed E-state index contributed by atoms with van der Waals surface area (Å²) in [7, 11) is 1.66. The van der Waals surface area contributed by atoms with Gasteiger partial charge in [-0.2, -0.15) is 0 Å². The summed E-state index contributed by atoms with van der Waals surface area (Å²) < 4.78 is 7.30. The molecule has 3 aromatic rings. The molecule has 3 rings (SSSR count). The molecule has 0 fully saturated rings. The van der Waals surface area contributed by atoms with Crippen molar-refractivity contribution in [2.24, 2.45) is 0 Å². The minimum atomic E-state index is -0.843. The van der Waals surface area contributed by atoms with Gasteiger partial charge in [-0.05, 0) is 38.1 Å². The van der Waals surface area contributed by atoms with Gasteiger partial charge in [0.25, 0.3) is 0 Å². The highest BCUT2D eigenvalue weighted by atomic mass is 32.2. The number of aryl methyl sites for hydroxylation is 1. The first-order valence-electron chi connectivity index (χ1n) is 7.63. The molecule has 0 saturated carbocycles. The molecule has 0 spiro atoms. The molecule has 0 aliphatic carbocycles. The molecule has 0 radical (unpaired) electrons. The van der Waals surface area contributed by atoms with Crippen molar-refractivity contribution in [1.82, 2.24) is 4.57 Å². The average Bonchev–Trinajstić information content (AvgIpc) is 2.80. The topological polar surface area (TPSA) is 51.5 Å². The highest BCUT2D eigenvalue weighted by molar-refractivity contribution is 7.99. The van der Waals surface area contributed by atoms with Crippen molar-refractivity contribution < 1.29 is 14.6 Å². The summed E-state index contributed by atoms with van der Waals surface area (Å²) in [5, 5.41) is 10.3. The SMILES string of the molecule is COc1ccccc1Sc1c(C)n(CC(=O)O)c2ccc(C)cc12. The van der Waals surface area contributed by atoms with Crippen molar-refractivity contribution in [3.05, 3.63) is 53.7 Å². The van der Waals surface area contributed by atoms with E-state index in [1.54, 1.807) is 18.9 Å². The van der Waals surface area contributed by atoms with Gasteiger partial charge in [0, 0.05) is 21.5 Å². The van der Waals surface area contributed by atoms with Gasteiger partial charge in [0.2, 0.25) is 0 Å². The van der Waals surface area contributed by atoms with Gasteiger partial charge in [0.1, 0.15) is 12.3 Å². The van der Waals surface area contributed by atoms with E-state index >= 15 is 0 Å². The number of rotatable bonds is 5. The molecule has 0 amide bonds. The smallest absolute Gasteiger partial charge is 0.323 e. The van der Waals surface area contributed by atoms with Crippen molar-refractivity contribution >= 4 is 28.6 Å². The number of aliphatic carboxylic acids is 1. The molecule has 0 aliphatic rings. The largest absolute Gasteiger partial charge is 0.496 e. The number of ether oxygens (including phenoxy) is 1. The van der Waals surface area contributed by atoms with E-state index in [-0.39, 0.29) is 6.54 Å². The minimum Gasteiger partial charge on any atom is -0.496 e. The summed E-state index contributed by atoms with van der Waals surface area (Å²) in [5.74, 6) is -0.0295. The number of nitrogens with zero attached hydrogens (tertiary/aromatic N) is 1. The maximum atomic E-state index is 11.3. The van der Waals surface area contributed by atoms with Crippen LogP contribution in [0.5, 0.6) is 5.75 Å². The van der Waals surface area contributed by atoms with Gasteiger partial charge in [0.05, 0.1) is 12.0 Å². The van der Waals surface area contributed by atoms with Gasteiger partial charge in [-0.3, -0.25) is 4.79 Å². The summed E-state index contributed by atoms with van der Waals surface area (Å²) in [5.41, 5.74) is 3.05. The third kappa shape index (κ3) is 2.99. The number of carbonyl (C=O) groups is 1. The summed E-state index contributed by atoms with van der Waals surface area (Å²) in [6.07, 6.45) is 0. The maximum Gasteiger partial charge on any atom is 0.323 e. The van der Waals surface area contributed by atoms with Crippen LogP contribution in [0.1, 0.15) is 11.3 Å². The number of methoxy groups -OCH3 is 1. The Hall–Kier alpha value is -2.40. The third-order valence-electron chi connectivity index (χ3n) is 4.00. The van der Waals surface area contributed by atoms with Crippen LogP contribution in [-0.2, 0) is 11.3 Å². The zero-order valence-corrected chi connectivity index (χ0v) is 14.7. The normalized spacial score (nSPS) is 11.0. The molecule has 0 unspecified atom stereocenters. The van der Waals surface area contributed by atoms with E-state index in [1.807, 2.05) is 54.8 Å². The monoisotopic (exact) mass is 341 g/mol. The quantitative estimate of drug-likeness (QED) is 0.742. The second-order valence-electron chi connectivity index (χ2n) is 5.67. The molecular weight excluding hydrogens is 322 g/mol. The van der Waals surface area contributed by atoms with Gasteiger partial charge >= 0.3 is 5.97 Å². The van der Waals surface area contributed by atoms with Crippen LogP contribution >= 0.6 is 11.8 Å². The molecule has 2 aromatic carbocycles. The summed E-state index contributed by atoms with van der Waals surface area (Å²) >= 11 is 1.61. The van der Waals surface area contributed by atoms with E-state index in [1.165, 1.54) is 0 Å². The molecule has 0 saturated heterocycles. The fraction of sp³-hybridized carbons (Fsp3) is 0.211. The van der Waals surface area contributed by atoms with E-state index in [0.717, 1.165) is 37.7 Å². The van der Waals surface area contributed by atoms with E-state index in [0.29, 0.717) is 0 Å². The predicted molar refractivity (Wildman–Crippen MR) is 96.2 cm³/mol. The Balaban J connectivity index is 2.18. The standard InChI is InChI=1S/C19H19NO3S/c1-12-8-9-15-14(10-12)19(13(2)20(15)11-18(21)22)24-17-7-5-4-6-16(17)23-3/h4-10H,11H2,1-3H3,(H,21,22). The molecule has 0 aliphatic heterocycles. The Morgan fingerprint density at radius 3 is 2.67 bits per heavy atom.